The summed E-state index contributed by atoms with van der Waals surface area (Å²) in [5.74, 6) is 1.34. The van der Waals surface area contributed by atoms with Gasteiger partial charge in [0.25, 0.3) is 0 Å². The number of rotatable bonds is 4. The van der Waals surface area contributed by atoms with Crippen molar-refractivity contribution >= 4 is 17.7 Å². The number of ether oxygens (including phenoxy) is 1. The standard InChI is InChI=1S/C17H22O2S/c1-3-11(2)12-4-6-13(7-5-12)19-17(18)15-10-14-8-9-16(15)20-14/h4-7,11,14-16H,3,8-10H2,1-2H3. The number of esters is 1. The third-order valence-electron chi connectivity index (χ3n) is 4.69. The first kappa shape index (κ1) is 14.0. The molecule has 2 heterocycles. The van der Waals surface area contributed by atoms with Gasteiger partial charge >= 0.3 is 5.97 Å². The van der Waals surface area contributed by atoms with Crippen LogP contribution in [0.1, 0.15) is 51.0 Å². The van der Waals surface area contributed by atoms with E-state index < -0.39 is 0 Å². The fourth-order valence-corrected chi connectivity index (χ4v) is 4.95. The van der Waals surface area contributed by atoms with Gasteiger partial charge in [0.05, 0.1) is 5.92 Å². The van der Waals surface area contributed by atoms with Crippen LogP contribution in [-0.2, 0) is 4.79 Å². The van der Waals surface area contributed by atoms with Gasteiger partial charge in [0.2, 0.25) is 0 Å². The molecule has 2 nitrogen and oxygen atoms in total. The third kappa shape index (κ3) is 2.73. The van der Waals surface area contributed by atoms with E-state index in [0.29, 0.717) is 22.2 Å². The maximum Gasteiger partial charge on any atom is 0.315 e. The van der Waals surface area contributed by atoms with Crippen molar-refractivity contribution in [2.45, 2.75) is 55.9 Å². The number of fused-ring (bicyclic) bond motifs is 2. The van der Waals surface area contributed by atoms with E-state index in [1.807, 2.05) is 23.9 Å². The summed E-state index contributed by atoms with van der Waals surface area (Å²) in [6.45, 7) is 4.40. The van der Waals surface area contributed by atoms with Crippen molar-refractivity contribution in [1.29, 1.82) is 0 Å². The summed E-state index contributed by atoms with van der Waals surface area (Å²) in [6, 6.07) is 8.01. The van der Waals surface area contributed by atoms with E-state index in [4.69, 9.17) is 4.74 Å². The average Bonchev–Trinajstić information content (AvgIpc) is 3.10. The van der Waals surface area contributed by atoms with Gasteiger partial charge in [-0.3, -0.25) is 4.79 Å². The number of carbonyl (C=O) groups excluding carboxylic acids is 1. The molecule has 1 aromatic rings. The topological polar surface area (TPSA) is 26.3 Å². The Bertz CT molecular complexity index is 482. The smallest absolute Gasteiger partial charge is 0.315 e. The molecule has 108 valence electrons. The zero-order valence-corrected chi connectivity index (χ0v) is 13.0. The summed E-state index contributed by atoms with van der Waals surface area (Å²) in [5, 5.41) is 1.21. The lowest BCUT2D eigenvalue weighted by Crippen LogP contribution is -2.28. The quantitative estimate of drug-likeness (QED) is 0.607. The lowest BCUT2D eigenvalue weighted by atomic mass is 9.89. The Balaban J connectivity index is 1.61. The van der Waals surface area contributed by atoms with Crippen LogP contribution >= 0.6 is 11.8 Å². The van der Waals surface area contributed by atoms with Gasteiger partial charge in [0.15, 0.2) is 0 Å². The Morgan fingerprint density at radius 2 is 2.10 bits per heavy atom. The van der Waals surface area contributed by atoms with E-state index in [1.165, 1.54) is 18.4 Å². The van der Waals surface area contributed by atoms with Gasteiger partial charge in [-0.25, -0.2) is 0 Å². The minimum absolute atomic E-state index is 0.0269. The van der Waals surface area contributed by atoms with E-state index >= 15 is 0 Å². The molecule has 2 fully saturated rings. The fourth-order valence-electron chi connectivity index (χ4n) is 3.18. The van der Waals surface area contributed by atoms with Gasteiger partial charge in [-0.15, -0.1) is 0 Å². The minimum atomic E-state index is -0.0269. The Hall–Kier alpha value is -0.960. The highest BCUT2D eigenvalue weighted by molar-refractivity contribution is 8.01. The van der Waals surface area contributed by atoms with Crippen molar-refractivity contribution in [2.24, 2.45) is 5.92 Å². The molecule has 0 radical (unpaired) electrons. The largest absolute Gasteiger partial charge is 0.426 e. The number of thioether (sulfide) groups is 1. The molecule has 1 aromatic carbocycles. The Morgan fingerprint density at radius 3 is 2.65 bits per heavy atom. The molecular formula is C17H22O2S. The van der Waals surface area contributed by atoms with Crippen LogP contribution in [-0.4, -0.2) is 16.5 Å². The molecule has 0 aromatic heterocycles. The van der Waals surface area contributed by atoms with Crippen molar-refractivity contribution in [3.8, 4) is 5.75 Å². The first-order valence-electron chi connectivity index (χ1n) is 7.64. The summed E-state index contributed by atoms with van der Waals surface area (Å²) < 4.78 is 5.57. The molecule has 2 aliphatic rings. The Morgan fingerprint density at radius 1 is 1.35 bits per heavy atom. The van der Waals surface area contributed by atoms with Gasteiger partial charge in [-0.05, 0) is 49.3 Å². The van der Waals surface area contributed by atoms with Crippen molar-refractivity contribution in [3.05, 3.63) is 29.8 Å². The predicted octanol–water partition coefficient (Wildman–Crippen LogP) is 4.39. The first-order valence-corrected chi connectivity index (χ1v) is 8.58. The number of benzene rings is 1. The maximum absolute atomic E-state index is 12.2. The number of hydrogen-bond donors (Lipinski definition) is 0. The van der Waals surface area contributed by atoms with Gasteiger partial charge in [0.1, 0.15) is 5.75 Å². The molecule has 0 spiro atoms. The van der Waals surface area contributed by atoms with Crippen LogP contribution < -0.4 is 4.74 Å². The predicted molar refractivity (Wildman–Crippen MR) is 83.3 cm³/mol. The van der Waals surface area contributed by atoms with Crippen LogP contribution in [0.3, 0.4) is 0 Å². The second-order valence-corrected chi connectivity index (χ2v) is 7.56. The molecule has 2 aliphatic heterocycles. The highest BCUT2D eigenvalue weighted by atomic mass is 32.2. The summed E-state index contributed by atoms with van der Waals surface area (Å²) in [5.41, 5.74) is 1.31. The Kier molecular flexibility index (Phi) is 4.06. The highest BCUT2D eigenvalue weighted by Crippen LogP contribution is 2.49. The van der Waals surface area contributed by atoms with Crippen molar-refractivity contribution < 1.29 is 9.53 Å². The monoisotopic (exact) mass is 290 g/mol. The van der Waals surface area contributed by atoms with E-state index in [2.05, 4.69) is 26.0 Å². The SMILES string of the molecule is CCC(C)c1ccc(OC(=O)C2CC3CCC2S3)cc1. The van der Waals surface area contributed by atoms with E-state index in [0.717, 1.165) is 12.8 Å². The van der Waals surface area contributed by atoms with Gasteiger partial charge in [-0.1, -0.05) is 26.0 Å². The van der Waals surface area contributed by atoms with Gasteiger partial charge < -0.3 is 4.74 Å². The second kappa shape index (κ2) is 5.80. The molecule has 4 atom stereocenters. The summed E-state index contributed by atoms with van der Waals surface area (Å²) in [6.07, 6.45) is 4.60. The molecule has 0 saturated carbocycles. The van der Waals surface area contributed by atoms with Crippen LogP contribution in [0.5, 0.6) is 5.75 Å². The summed E-state index contributed by atoms with van der Waals surface area (Å²) in [7, 11) is 0. The molecular weight excluding hydrogens is 268 g/mol. The molecule has 0 N–H and O–H groups in total. The molecule has 2 bridgehead atoms. The van der Waals surface area contributed by atoms with Crippen molar-refractivity contribution in [3.63, 3.8) is 0 Å². The van der Waals surface area contributed by atoms with E-state index in [-0.39, 0.29) is 11.9 Å². The maximum atomic E-state index is 12.2. The van der Waals surface area contributed by atoms with Crippen molar-refractivity contribution in [1.82, 2.24) is 0 Å². The number of hydrogen-bond acceptors (Lipinski definition) is 3. The van der Waals surface area contributed by atoms with E-state index in [1.54, 1.807) is 0 Å². The van der Waals surface area contributed by atoms with Gasteiger partial charge in [0, 0.05) is 10.5 Å². The molecule has 2 saturated heterocycles. The second-order valence-electron chi connectivity index (χ2n) is 6.02. The zero-order chi connectivity index (χ0) is 14.1. The Labute approximate surface area is 125 Å². The molecule has 0 aliphatic carbocycles. The van der Waals surface area contributed by atoms with Crippen LogP contribution in [0, 0.1) is 5.92 Å². The summed E-state index contributed by atoms with van der Waals surface area (Å²) in [4.78, 5) is 12.2. The molecule has 0 amide bonds. The zero-order valence-electron chi connectivity index (χ0n) is 12.2. The van der Waals surface area contributed by atoms with Crippen molar-refractivity contribution in [2.75, 3.05) is 0 Å². The minimum Gasteiger partial charge on any atom is -0.426 e. The molecule has 3 heteroatoms. The molecule has 3 rings (SSSR count). The fraction of sp³-hybridized carbons (Fsp3) is 0.588. The normalized spacial score (nSPS) is 29.4. The number of carbonyl (C=O) groups is 1. The lowest BCUT2D eigenvalue weighted by Gasteiger charge is -2.18. The third-order valence-corrected chi connectivity index (χ3v) is 6.42. The average molecular weight is 290 g/mol. The van der Waals surface area contributed by atoms with E-state index in [9.17, 15) is 4.79 Å². The summed E-state index contributed by atoms with van der Waals surface area (Å²) >= 11 is 1.99. The van der Waals surface area contributed by atoms with Crippen LogP contribution in [0.4, 0.5) is 0 Å². The lowest BCUT2D eigenvalue weighted by molar-refractivity contribution is -0.139. The highest BCUT2D eigenvalue weighted by Gasteiger charge is 2.44. The van der Waals surface area contributed by atoms with Crippen LogP contribution in [0.2, 0.25) is 0 Å². The van der Waals surface area contributed by atoms with Crippen LogP contribution in [0.15, 0.2) is 24.3 Å². The molecule has 20 heavy (non-hydrogen) atoms. The first-order chi connectivity index (χ1) is 9.67. The van der Waals surface area contributed by atoms with Crippen LogP contribution in [0.25, 0.3) is 0 Å². The molecule has 4 unspecified atom stereocenters. The van der Waals surface area contributed by atoms with Gasteiger partial charge in [-0.2, -0.15) is 11.8 Å².